The first-order valence-corrected chi connectivity index (χ1v) is 15.0. The van der Waals surface area contributed by atoms with Crippen LogP contribution in [0.5, 0.6) is 0 Å². The molecule has 0 nitrogen and oxygen atoms in total. The molecule has 0 saturated heterocycles. The molecule has 19 heavy (non-hydrogen) atoms. The maximum atomic E-state index is 2.41. The summed E-state index contributed by atoms with van der Waals surface area (Å²) in [6, 6.07) is 0. The molecule has 1 heteroatoms. The SMILES string of the molecule is CCC(CC)[CH2][Sn]([CH2]C(CC)CC)[CH2]C(CC)CC. The van der Waals surface area contributed by atoms with Gasteiger partial charge >= 0.3 is 131 Å². The van der Waals surface area contributed by atoms with Crippen LogP contribution < -0.4 is 0 Å². The normalized spacial score (nSPS) is 12.3. The summed E-state index contributed by atoms with van der Waals surface area (Å²) >= 11 is -1.14. The van der Waals surface area contributed by atoms with Crippen LogP contribution in [0, 0.1) is 17.8 Å². The fourth-order valence-electron chi connectivity index (χ4n) is 3.21. The minimum absolute atomic E-state index is 1.05. The van der Waals surface area contributed by atoms with Crippen LogP contribution in [0.25, 0.3) is 0 Å². The molecule has 0 atom stereocenters. The standard InChI is InChI=1S/3C6H13.Sn/c3*1-4-6(3)5-2;/h3*6H,3-5H2,1-2H3;. The number of hydrogen-bond donors (Lipinski definition) is 0. The van der Waals surface area contributed by atoms with Crippen LogP contribution in [-0.2, 0) is 0 Å². The van der Waals surface area contributed by atoms with Gasteiger partial charge in [-0.2, -0.15) is 0 Å². The molecule has 0 fully saturated rings. The Bertz CT molecular complexity index is 145. The van der Waals surface area contributed by atoms with Crippen molar-refractivity contribution in [2.75, 3.05) is 0 Å². The summed E-state index contributed by atoms with van der Waals surface area (Å²) in [5.74, 6) is 3.16. The van der Waals surface area contributed by atoms with Gasteiger partial charge in [-0.05, 0) is 0 Å². The molecular formula is C18H39Sn. The van der Waals surface area contributed by atoms with Crippen LogP contribution in [-0.4, -0.2) is 19.8 Å². The van der Waals surface area contributed by atoms with Gasteiger partial charge in [-0.3, -0.25) is 0 Å². The van der Waals surface area contributed by atoms with E-state index in [1.165, 1.54) is 38.5 Å². The number of rotatable bonds is 12. The molecule has 0 aromatic heterocycles. The zero-order valence-corrected chi connectivity index (χ0v) is 17.5. The van der Waals surface area contributed by atoms with Crippen molar-refractivity contribution < 1.29 is 0 Å². The molecule has 0 aliphatic rings. The van der Waals surface area contributed by atoms with Crippen molar-refractivity contribution in [3.8, 4) is 0 Å². The van der Waals surface area contributed by atoms with E-state index >= 15 is 0 Å². The fourth-order valence-corrected chi connectivity index (χ4v) is 16.6. The second kappa shape index (κ2) is 12.5. The Morgan fingerprint density at radius 2 is 0.684 bits per heavy atom. The Hall–Kier alpha value is 0.799. The zero-order valence-electron chi connectivity index (χ0n) is 14.6. The van der Waals surface area contributed by atoms with Crippen molar-refractivity contribution in [2.45, 2.75) is 93.4 Å². The first-order valence-electron chi connectivity index (χ1n) is 8.98. The topological polar surface area (TPSA) is 0 Å². The van der Waals surface area contributed by atoms with Gasteiger partial charge in [-0.15, -0.1) is 0 Å². The van der Waals surface area contributed by atoms with E-state index in [1.807, 2.05) is 0 Å². The average Bonchev–Trinajstić information content (AvgIpc) is 2.46. The Labute approximate surface area is 130 Å². The third kappa shape index (κ3) is 8.63. The van der Waals surface area contributed by atoms with E-state index in [4.69, 9.17) is 0 Å². The van der Waals surface area contributed by atoms with E-state index in [2.05, 4.69) is 41.5 Å². The van der Waals surface area contributed by atoms with Crippen LogP contribution in [0.1, 0.15) is 80.1 Å². The summed E-state index contributed by atoms with van der Waals surface area (Å²) in [5.41, 5.74) is 0. The molecule has 0 aliphatic heterocycles. The van der Waals surface area contributed by atoms with Gasteiger partial charge < -0.3 is 0 Å². The Morgan fingerprint density at radius 1 is 0.474 bits per heavy atom. The van der Waals surface area contributed by atoms with Gasteiger partial charge in [0.05, 0.1) is 0 Å². The van der Waals surface area contributed by atoms with E-state index < -0.39 is 19.8 Å². The molecule has 1 radical (unpaired) electrons. The van der Waals surface area contributed by atoms with Crippen molar-refractivity contribution in [1.29, 1.82) is 0 Å². The average molecular weight is 374 g/mol. The van der Waals surface area contributed by atoms with Crippen LogP contribution >= 0.6 is 0 Å². The molecule has 0 rings (SSSR count). The van der Waals surface area contributed by atoms with Crippen LogP contribution in [0.2, 0.25) is 13.3 Å². The molecule has 0 aromatic rings. The summed E-state index contributed by atoms with van der Waals surface area (Å²) in [7, 11) is 0. The molecule has 0 N–H and O–H groups in total. The second-order valence-corrected chi connectivity index (χ2v) is 14.2. The van der Waals surface area contributed by atoms with Gasteiger partial charge in [0, 0.05) is 0 Å². The van der Waals surface area contributed by atoms with Crippen molar-refractivity contribution >= 4 is 19.8 Å². The fraction of sp³-hybridized carbons (Fsp3) is 1.00. The summed E-state index contributed by atoms with van der Waals surface area (Å²) in [5, 5.41) is 0. The third-order valence-corrected chi connectivity index (χ3v) is 15.1. The van der Waals surface area contributed by atoms with Crippen molar-refractivity contribution in [3.05, 3.63) is 0 Å². The van der Waals surface area contributed by atoms with Crippen LogP contribution in [0.4, 0.5) is 0 Å². The third-order valence-electron chi connectivity index (χ3n) is 5.20. The van der Waals surface area contributed by atoms with E-state index in [0.29, 0.717) is 0 Å². The summed E-state index contributed by atoms with van der Waals surface area (Å²) < 4.78 is 5.05. The Morgan fingerprint density at radius 3 is 0.842 bits per heavy atom. The molecule has 0 saturated carbocycles. The predicted molar refractivity (Wildman–Crippen MR) is 92.4 cm³/mol. The van der Waals surface area contributed by atoms with Gasteiger partial charge in [-0.25, -0.2) is 0 Å². The van der Waals surface area contributed by atoms with E-state index in [0.717, 1.165) is 17.8 Å². The van der Waals surface area contributed by atoms with E-state index in [-0.39, 0.29) is 0 Å². The summed E-state index contributed by atoms with van der Waals surface area (Å²) in [6.45, 7) is 14.4. The van der Waals surface area contributed by atoms with Crippen LogP contribution in [0.15, 0.2) is 0 Å². The van der Waals surface area contributed by atoms with Crippen LogP contribution in [0.3, 0.4) is 0 Å². The van der Waals surface area contributed by atoms with Gasteiger partial charge in [0.1, 0.15) is 0 Å². The predicted octanol–water partition coefficient (Wildman–Crippen LogP) is 6.79. The maximum absolute atomic E-state index is 2.41. The molecule has 0 heterocycles. The molecule has 0 aliphatic carbocycles. The van der Waals surface area contributed by atoms with Crippen molar-refractivity contribution in [1.82, 2.24) is 0 Å². The Balaban J connectivity index is 4.51. The monoisotopic (exact) mass is 375 g/mol. The van der Waals surface area contributed by atoms with E-state index in [1.54, 1.807) is 13.3 Å². The molecule has 115 valence electrons. The van der Waals surface area contributed by atoms with Gasteiger partial charge in [0.2, 0.25) is 0 Å². The molecule has 0 amide bonds. The van der Waals surface area contributed by atoms with E-state index in [9.17, 15) is 0 Å². The van der Waals surface area contributed by atoms with Gasteiger partial charge in [0.25, 0.3) is 0 Å². The Kier molecular flexibility index (Phi) is 13.1. The summed E-state index contributed by atoms with van der Waals surface area (Å²) in [4.78, 5) is 0. The minimum atomic E-state index is -1.14. The van der Waals surface area contributed by atoms with Gasteiger partial charge in [0.15, 0.2) is 0 Å². The first kappa shape index (κ1) is 19.8. The molecule has 0 unspecified atom stereocenters. The quantitative estimate of drug-likeness (QED) is 0.330. The second-order valence-electron chi connectivity index (χ2n) is 6.41. The van der Waals surface area contributed by atoms with Crippen molar-refractivity contribution in [2.24, 2.45) is 17.8 Å². The molecule has 0 aromatic carbocycles. The van der Waals surface area contributed by atoms with Gasteiger partial charge in [-0.1, -0.05) is 0 Å². The number of hydrogen-bond acceptors (Lipinski definition) is 0. The zero-order chi connectivity index (χ0) is 14.7. The molecular weight excluding hydrogens is 335 g/mol. The molecule has 0 bridgehead atoms. The van der Waals surface area contributed by atoms with Crippen molar-refractivity contribution in [3.63, 3.8) is 0 Å². The summed E-state index contributed by atoms with van der Waals surface area (Å²) in [6.07, 6.45) is 8.54. The molecule has 0 spiro atoms. The first-order chi connectivity index (χ1) is 9.14.